The van der Waals surface area contributed by atoms with Gasteiger partial charge in [0.25, 0.3) is 5.91 Å². The average molecular weight is 406 g/mol. The summed E-state index contributed by atoms with van der Waals surface area (Å²) in [5.41, 5.74) is -0.0308. The third-order valence-electron chi connectivity index (χ3n) is 5.67. The van der Waals surface area contributed by atoms with Crippen LogP contribution in [0, 0.1) is 11.3 Å². The number of carbonyl (C=O) groups is 3. The lowest BCUT2D eigenvalue weighted by atomic mass is 9.64. The maximum atomic E-state index is 13.1. The minimum Gasteiger partial charge on any atom is -0.348 e. The lowest BCUT2D eigenvalue weighted by Gasteiger charge is -2.43. The zero-order chi connectivity index (χ0) is 20.7. The predicted molar refractivity (Wildman–Crippen MR) is 108 cm³/mol. The first-order chi connectivity index (χ1) is 13.0. The van der Waals surface area contributed by atoms with Crippen LogP contribution in [0.2, 0.25) is 5.02 Å². The van der Waals surface area contributed by atoms with Gasteiger partial charge in [-0.2, -0.15) is 0 Å². The Bertz CT molecular complexity index is 793. The molecule has 1 aromatic rings. The fourth-order valence-corrected chi connectivity index (χ4v) is 5.04. The van der Waals surface area contributed by atoms with E-state index in [4.69, 9.17) is 11.6 Å². The molecular weight excluding hydrogens is 378 g/mol. The fraction of sp³-hybridized carbons (Fsp3) is 0.571. The van der Waals surface area contributed by atoms with Gasteiger partial charge in [-0.25, -0.2) is 4.79 Å². The smallest absolute Gasteiger partial charge is 0.325 e. The van der Waals surface area contributed by atoms with Crippen molar-refractivity contribution in [3.63, 3.8) is 0 Å². The highest BCUT2D eigenvalue weighted by atomic mass is 35.5. The van der Waals surface area contributed by atoms with Crippen molar-refractivity contribution in [3.05, 3.63) is 34.9 Å². The molecule has 3 rings (SSSR count). The molecule has 1 saturated heterocycles. The van der Waals surface area contributed by atoms with E-state index in [1.54, 1.807) is 12.1 Å². The second-order valence-corrected chi connectivity index (χ2v) is 9.54. The molecule has 0 bridgehead atoms. The molecule has 6 nitrogen and oxygen atoms in total. The first-order valence-corrected chi connectivity index (χ1v) is 10.1. The highest BCUT2D eigenvalue weighted by Gasteiger charge is 2.56. The van der Waals surface area contributed by atoms with Crippen LogP contribution in [0.4, 0.5) is 4.79 Å². The number of urea groups is 1. The van der Waals surface area contributed by atoms with Gasteiger partial charge in [0.2, 0.25) is 5.91 Å². The third-order valence-corrected chi connectivity index (χ3v) is 5.93. The van der Waals surface area contributed by atoms with Gasteiger partial charge in [-0.15, -0.1) is 0 Å². The van der Waals surface area contributed by atoms with Crippen molar-refractivity contribution in [1.82, 2.24) is 15.5 Å². The molecule has 2 N–H and O–H groups in total. The molecule has 0 aromatic heterocycles. The molecule has 0 radical (unpaired) electrons. The molecule has 1 aliphatic carbocycles. The molecule has 1 spiro atoms. The second-order valence-electron chi connectivity index (χ2n) is 9.10. The predicted octanol–water partition coefficient (Wildman–Crippen LogP) is 3.65. The normalized spacial score (nSPS) is 27.6. The number of rotatable bonds is 4. The number of hydrogen-bond acceptors (Lipinski definition) is 3. The Hall–Kier alpha value is -2.08. The van der Waals surface area contributed by atoms with Crippen LogP contribution in [0.1, 0.15) is 58.6 Å². The van der Waals surface area contributed by atoms with E-state index in [0.29, 0.717) is 23.8 Å². The molecule has 152 valence electrons. The van der Waals surface area contributed by atoms with E-state index in [1.165, 1.54) is 0 Å². The third kappa shape index (κ3) is 4.17. The Labute approximate surface area is 171 Å². The molecule has 7 heteroatoms. The van der Waals surface area contributed by atoms with E-state index in [-0.39, 0.29) is 29.8 Å². The molecule has 2 aliphatic rings. The van der Waals surface area contributed by atoms with Crippen LogP contribution >= 0.6 is 11.6 Å². The molecule has 2 fully saturated rings. The highest BCUT2D eigenvalue weighted by Crippen LogP contribution is 2.46. The summed E-state index contributed by atoms with van der Waals surface area (Å²) < 4.78 is 0. The second kappa shape index (κ2) is 7.39. The topological polar surface area (TPSA) is 78.5 Å². The molecule has 1 aromatic carbocycles. The van der Waals surface area contributed by atoms with E-state index in [1.807, 2.05) is 19.1 Å². The van der Waals surface area contributed by atoms with Gasteiger partial charge < -0.3 is 10.6 Å². The fourth-order valence-electron chi connectivity index (χ4n) is 4.92. The zero-order valence-electron chi connectivity index (χ0n) is 16.8. The van der Waals surface area contributed by atoms with Crippen molar-refractivity contribution in [2.24, 2.45) is 11.3 Å². The van der Waals surface area contributed by atoms with E-state index < -0.39 is 11.6 Å². The summed E-state index contributed by atoms with van der Waals surface area (Å²) >= 11 is 5.89. The van der Waals surface area contributed by atoms with E-state index in [0.717, 1.165) is 16.9 Å². The number of imide groups is 1. The van der Waals surface area contributed by atoms with Gasteiger partial charge in [0, 0.05) is 5.02 Å². The van der Waals surface area contributed by atoms with Gasteiger partial charge in [0.1, 0.15) is 12.1 Å². The molecular formula is C21H28ClN3O3. The Kier molecular flexibility index (Phi) is 5.45. The SMILES string of the molecule is C[C@H]1CC(C)(C)C[C@]2(C1)NC(=O)N(CC(=O)N[C@@H](C)c1ccc(Cl)cc1)C2=O. The van der Waals surface area contributed by atoms with Gasteiger partial charge in [-0.05, 0) is 55.2 Å². The number of amides is 4. The molecule has 1 saturated carbocycles. The molecule has 4 amide bonds. The zero-order valence-corrected chi connectivity index (χ0v) is 17.6. The molecule has 0 unspecified atom stereocenters. The van der Waals surface area contributed by atoms with E-state index >= 15 is 0 Å². The van der Waals surface area contributed by atoms with Crippen molar-refractivity contribution in [2.45, 2.75) is 58.5 Å². The van der Waals surface area contributed by atoms with Crippen molar-refractivity contribution >= 4 is 29.4 Å². The lowest BCUT2D eigenvalue weighted by molar-refractivity contribution is -0.137. The first kappa shape index (κ1) is 20.6. The molecule has 1 aliphatic heterocycles. The summed E-state index contributed by atoms with van der Waals surface area (Å²) in [4.78, 5) is 39.2. The van der Waals surface area contributed by atoms with E-state index in [2.05, 4.69) is 31.4 Å². The minimum absolute atomic E-state index is 0.0397. The van der Waals surface area contributed by atoms with Crippen molar-refractivity contribution in [3.8, 4) is 0 Å². The van der Waals surface area contributed by atoms with Crippen LogP contribution in [0.3, 0.4) is 0 Å². The Balaban J connectivity index is 1.67. The van der Waals surface area contributed by atoms with Crippen molar-refractivity contribution in [2.75, 3.05) is 6.54 Å². The summed E-state index contributed by atoms with van der Waals surface area (Å²) in [7, 11) is 0. The Morgan fingerprint density at radius 2 is 1.93 bits per heavy atom. The summed E-state index contributed by atoms with van der Waals surface area (Å²) in [5, 5.41) is 6.36. The van der Waals surface area contributed by atoms with Crippen LogP contribution in [-0.4, -0.2) is 34.8 Å². The van der Waals surface area contributed by atoms with Crippen molar-refractivity contribution in [1.29, 1.82) is 0 Å². The van der Waals surface area contributed by atoms with E-state index in [9.17, 15) is 14.4 Å². The van der Waals surface area contributed by atoms with Gasteiger partial charge in [-0.3, -0.25) is 14.5 Å². The van der Waals surface area contributed by atoms with Crippen LogP contribution < -0.4 is 10.6 Å². The molecule has 1 heterocycles. The first-order valence-electron chi connectivity index (χ1n) is 9.70. The number of carbonyl (C=O) groups excluding carboxylic acids is 3. The monoisotopic (exact) mass is 405 g/mol. The lowest BCUT2D eigenvalue weighted by Crippen LogP contribution is -2.54. The standard InChI is InChI=1S/C21H28ClN3O3/c1-13-9-20(3,4)12-21(10-13)18(27)25(19(28)24-21)11-17(26)23-14(2)15-5-7-16(22)8-6-15/h5-8,13-14H,9-12H2,1-4H3,(H,23,26)(H,24,28)/t13-,14-,21-/m0/s1. The Morgan fingerprint density at radius 1 is 1.29 bits per heavy atom. The number of halogens is 1. The molecule has 3 atom stereocenters. The van der Waals surface area contributed by atoms with Crippen LogP contribution in [0.25, 0.3) is 0 Å². The van der Waals surface area contributed by atoms with Gasteiger partial charge in [0.05, 0.1) is 6.04 Å². The number of nitrogens with one attached hydrogen (secondary N) is 2. The maximum Gasteiger partial charge on any atom is 0.325 e. The summed E-state index contributed by atoms with van der Waals surface area (Å²) in [5.74, 6) is -0.329. The van der Waals surface area contributed by atoms with Crippen LogP contribution in [-0.2, 0) is 9.59 Å². The van der Waals surface area contributed by atoms with Gasteiger partial charge >= 0.3 is 6.03 Å². The van der Waals surface area contributed by atoms with Crippen LogP contribution in [0.5, 0.6) is 0 Å². The summed E-state index contributed by atoms with van der Waals surface area (Å²) in [6.07, 6.45) is 2.21. The van der Waals surface area contributed by atoms with Gasteiger partial charge in [-0.1, -0.05) is 44.5 Å². The largest absolute Gasteiger partial charge is 0.348 e. The quantitative estimate of drug-likeness (QED) is 0.750. The van der Waals surface area contributed by atoms with Crippen molar-refractivity contribution < 1.29 is 14.4 Å². The number of benzene rings is 1. The highest BCUT2D eigenvalue weighted by molar-refractivity contribution is 6.30. The molecule has 28 heavy (non-hydrogen) atoms. The number of hydrogen-bond donors (Lipinski definition) is 2. The number of nitrogens with zero attached hydrogens (tertiary/aromatic N) is 1. The minimum atomic E-state index is -0.889. The van der Waals surface area contributed by atoms with Gasteiger partial charge in [0.15, 0.2) is 0 Å². The average Bonchev–Trinajstić information content (AvgIpc) is 2.77. The maximum absolute atomic E-state index is 13.1. The summed E-state index contributed by atoms with van der Waals surface area (Å²) in [6.45, 7) is 7.91. The Morgan fingerprint density at radius 3 is 2.54 bits per heavy atom. The summed E-state index contributed by atoms with van der Waals surface area (Å²) in [6, 6.07) is 6.44. The van der Waals surface area contributed by atoms with Crippen LogP contribution in [0.15, 0.2) is 24.3 Å².